The molecule has 1 aliphatic rings. The molecule has 1 saturated carbocycles. The van der Waals surface area contributed by atoms with Gasteiger partial charge in [0.1, 0.15) is 11.3 Å². The molecule has 2 amide bonds. The van der Waals surface area contributed by atoms with Crippen LogP contribution in [0, 0.1) is 5.92 Å². The van der Waals surface area contributed by atoms with Crippen LogP contribution in [0.15, 0.2) is 36.7 Å². The lowest BCUT2D eigenvalue weighted by atomic mass is 9.94. The van der Waals surface area contributed by atoms with Crippen molar-refractivity contribution in [2.75, 3.05) is 7.05 Å². The van der Waals surface area contributed by atoms with Gasteiger partial charge in [-0.25, -0.2) is 9.97 Å². The molecule has 0 saturated heterocycles. The van der Waals surface area contributed by atoms with E-state index in [0.717, 1.165) is 23.0 Å². The Balaban J connectivity index is 1.74. The number of amides is 2. The summed E-state index contributed by atoms with van der Waals surface area (Å²) in [7, 11) is 1.55. The highest BCUT2D eigenvalue weighted by Gasteiger charge is 2.34. The average Bonchev–Trinajstić information content (AvgIpc) is 3.19. The maximum Gasteiger partial charge on any atom is 0.269 e. The zero-order valence-electron chi connectivity index (χ0n) is 16.1. The lowest BCUT2D eigenvalue weighted by molar-refractivity contribution is 0.0949. The molecule has 0 unspecified atom stereocenters. The van der Waals surface area contributed by atoms with Crippen LogP contribution in [0.3, 0.4) is 0 Å². The molecule has 3 N–H and O–H groups in total. The van der Waals surface area contributed by atoms with E-state index in [1.807, 2.05) is 25.3 Å². The van der Waals surface area contributed by atoms with Crippen LogP contribution >= 0.6 is 0 Å². The Labute approximate surface area is 163 Å². The minimum absolute atomic E-state index is 0.114. The Kier molecular flexibility index (Phi) is 4.58. The van der Waals surface area contributed by atoms with Gasteiger partial charge in [-0.3, -0.25) is 9.59 Å². The predicted molar refractivity (Wildman–Crippen MR) is 106 cm³/mol. The summed E-state index contributed by atoms with van der Waals surface area (Å²) >= 11 is 0. The first-order chi connectivity index (χ1) is 13.5. The van der Waals surface area contributed by atoms with E-state index in [2.05, 4.69) is 32.5 Å². The van der Waals surface area contributed by atoms with Crippen molar-refractivity contribution in [2.45, 2.75) is 32.2 Å². The molecular formula is C21H23N5O2. The molecular weight excluding hydrogens is 354 g/mol. The number of aromatic nitrogens is 3. The van der Waals surface area contributed by atoms with E-state index in [0.29, 0.717) is 17.2 Å². The third kappa shape index (κ3) is 3.35. The summed E-state index contributed by atoms with van der Waals surface area (Å²) in [5.74, 6) is -0.0973. The Morgan fingerprint density at radius 2 is 2.04 bits per heavy atom. The molecule has 3 atom stereocenters. The second-order valence-electron chi connectivity index (χ2n) is 7.40. The zero-order valence-corrected chi connectivity index (χ0v) is 16.1. The largest absolute Gasteiger partial charge is 0.354 e. The summed E-state index contributed by atoms with van der Waals surface area (Å²) in [5.41, 5.74) is 3.19. The summed E-state index contributed by atoms with van der Waals surface area (Å²) in [6, 6.07) is 7.46. The molecule has 144 valence electrons. The number of rotatable bonds is 5. The number of carbonyl (C=O) groups is 2. The van der Waals surface area contributed by atoms with Crippen LogP contribution in [0.25, 0.3) is 11.0 Å². The minimum atomic E-state index is -0.315. The number of nitrogens with zero attached hydrogens (tertiary/aromatic N) is 2. The maximum atomic E-state index is 12.7. The van der Waals surface area contributed by atoms with E-state index in [9.17, 15) is 9.59 Å². The molecule has 3 aromatic rings. The normalized spacial score (nSPS) is 19.2. The lowest BCUT2D eigenvalue weighted by Gasteiger charge is -2.15. The number of carbonyl (C=O) groups excluding carboxylic acids is 2. The average molecular weight is 377 g/mol. The van der Waals surface area contributed by atoms with Gasteiger partial charge in [-0.15, -0.1) is 0 Å². The van der Waals surface area contributed by atoms with Crippen molar-refractivity contribution in [3.63, 3.8) is 0 Å². The molecule has 1 fully saturated rings. The van der Waals surface area contributed by atoms with Crippen LogP contribution < -0.4 is 10.6 Å². The zero-order chi connectivity index (χ0) is 19.8. The maximum absolute atomic E-state index is 12.7. The predicted octanol–water partition coefficient (Wildman–Crippen LogP) is 2.61. The van der Waals surface area contributed by atoms with Crippen LogP contribution in [-0.4, -0.2) is 39.9 Å². The summed E-state index contributed by atoms with van der Waals surface area (Å²) in [6.45, 7) is 4.12. The van der Waals surface area contributed by atoms with E-state index in [4.69, 9.17) is 0 Å². The first kappa shape index (κ1) is 18.2. The minimum Gasteiger partial charge on any atom is -0.354 e. The Morgan fingerprint density at radius 1 is 1.25 bits per heavy atom. The van der Waals surface area contributed by atoms with Crippen molar-refractivity contribution >= 4 is 22.8 Å². The van der Waals surface area contributed by atoms with Crippen molar-refractivity contribution < 1.29 is 9.59 Å². The highest BCUT2D eigenvalue weighted by Crippen LogP contribution is 2.31. The van der Waals surface area contributed by atoms with Gasteiger partial charge in [0.2, 0.25) is 0 Å². The van der Waals surface area contributed by atoms with Gasteiger partial charge in [0.15, 0.2) is 0 Å². The second kappa shape index (κ2) is 7.07. The summed E-state index contributed by atoms with van der Waals surface area (Å²) in [4.78, 5) is 36.9. The standard InChI is InChI=1S/C21H23N5O2/c1-11-8-16(11)26-20(27)13-9-17(25-18(10-13)21(28)22-3)12(2)14-4-6-23-19-15(14)5-7-24-19/h4-7,9-12,16H,8H2,1-3H3,(H,22,28)(H,23,24)(H,26,27)/t11-,12-,16-/m0/s1. The second-order valence-corrected chi connectivity index (χ2v) is 7.40. The van der Waals surface area contributed by atoms with Gasteiger partial charge in [0.25, 0.3) is 11.8 Å². The molecule has 3 aromatic heterocycles. The highest BCUT2D eigenvalue weighted by atomic mass is 16.2. The van der Waals surface area contributed by atoms with E-state index >= 15 is 0 Å². The van der Waals surface area contributed by atoms with Crippen molar-refractivity contribution in [3.8, 4) is 0 Å². The first-order valence-electron chi connectivity index (χ1n) is 9.45. The number of aromatic amines is 1. The number of nitrogens with one attached hydrogen (secondary N) is 3. The van der Waals surface area contributed by atoms with Gasteiger partial charge in [-0.1, -0.05) is 13.8 Å². The molecule has 0 bridgehead atoms. The summed E-state index contributed by atoms with van der Waals surface area (Å²) in [6.07, 6.45) is 4.58. The third-order valence-corrected chi connectivity index (χ3v) is 5.40. The van der Waals surface area contributed by atoms with Crippen molar-refractivity contribution in [3.05, 3.63) is 59.2 Å². The van der Waals surface area contributed by atoms with Gasteiger partial charge in [-0.2, -0.15) is 0 Å². The monoisotopic (exact) mass is 377 g/mol. The van der Waals surface area contributed by atoms with E-state index in [-0.39, 0.29) is 29.5 Å². The number of H-pyrrole nitrogens is 1. The topological polar surface area (TPSA) is 99.8 Å². The van der Waals surface area contributed by atoms with Crippen LogP contribution in [-0.2, 0) is 0 Å². The Bertz CT molecular complexity index is 1060. The SMILES string of the molecule is CNC(=O)c1cc(C(=O)N[C@H]2C[C@@H]2C)cc([C@@H](C)c2ccnc3[nH]ccc23)n1. The molecule has 7 nitrogen and oxygen atoms in total. The van der Waals surface area contributed by atoms with Crippen LogP contribution in [0.4, 0.5) is 0 Å². The van der Waals surface area contributed by atoms with Crippen molar-refractivity contribution in [1.82, 2.24) is 25.6 Å². The molecule has 4 rings (SSSR count). The van der Waals surface area contributed by atoms with Gasteiger partial charge < -0.3 is 15.6 Å². The number of fused-ring (bicyclic) bond motifs is 1. The van der Waals surface area contributed by atoms with E-state index in [1.165, 1.54) is 0 Å². The van der Waals surface area contributed by atoms with Crippen LogP contribution in [0.1, 0.15) is 58.3 Å². The number of hydrogen-bond acceptors (Lipinski definition) is 4. The van der Waals surface area contributed by atoms with Gasteiger partial charge in [0.05, 0.1) is 0 Å². The molecule has 3 heterocycles. The number of hydrogen-bond donors (Lipinski definition) is 3. The third-order valence-electron chi connectivity index (χ3n) is 5.40. The molecule has 0 aromatic carbocycles. The van der Waals surface area contributed by atoms with Gasteiger partial charge in [-0.05, 0) is 42.2 Å². The quantitative estimate of drug-likeness (QED) is 0.636. The molecule has 0 aliphatic heterocycles. The fourth-order valence-electron chi connectivity index (χ4n) is 3.44. The van der Waals surface area contributed by atoms with Crippen molar-refractivity contribution in [2.24, 2.45) is 5.92 Å². The van der Waals surface area contributed by atoms with E-state index in [1.54, 1.807) is 25.4 Å². The highest BCUT2D eigenvalue weighted by molar-refractivity contribution is 5.99. The Hall–Kier alpha value is -3.22. The smallest absolute Gasteiger partial charge is 0.269 e. The van der Waals surface area contributed by atoms with Crippen LogP contribution in [0.2, 0.25) is 0 Å². The molecule has 1 aliphatic carbocycles. The molecule has 28 heavy (non-hydrogen) atoms. The van der Waals surface area contributed by atoms with Gasteiger partial charge in [0, 0.05) is 48.0 Å². The lowest BCUT2D eigenvalue weighted by Crippen LogP contribution is -2.28. The van der Waals surface area contributed by atoms with E-state index < -0.39 is 0 Å². The Morgan fingerprint density at radius 3 is 2.75 bits per heavy atom. The first-order valence-corrected chi connectivity index (χ1v) is 9.45. The fraction of sp³-hybridized carbons (Fsp3) is 0.333. The summed E-state index contributed by atoms with van der Waals surface area (Å²) < 4.78 is 0. The van der Waals surface area contributed by atoms with Crippen LogP contribution in [0.5, 0.6) is 0 Å². The number of pyridine rings is 2. The van der Waals surface area contributed by atoms with Crippen molar-refractivity contribution in [1.29, 1.82) is 0 Å². The van der Waals surface area contributed by atoms with Gasteiger partial charge >= 0.3 is 0 Å². The molecule has 7 heteroatoms. The molecule has 0 radical (unpaired) electrons. The molecule has 0 spiro atoms. The fourth-order valence-corrected chi connectivity index (χ4v) is 3.44. The summed E-state index contributed by atoms with van der Waals surface area (Å²) in [5, 5.41) is 6.61.